The normalized spacial score (nSPS) is 22.5. The van der Waals surface area contributed by atoms with Gasteiger partial charge in [0, 0.05) is 18.8 Å². The van der Waals surface area contributed by atoms with Crippen LogP contribution in [0, 0.1) is 37.4 Å². The zero-order valence-electron chi connectivity index (χ0n) is 22.9. The zero-order valence-corrected chi connectivity index (χ0v) is 24.0. The number of fused-ring (bicyclic) bond motifs is 1. The second-order valence-electron chi connectivity index (χ2n) is 10.0. The quantitative estimate of drug-likeness (QED) is 0.322. The molecular weight excluding hydrogens is 545 g/mol. The Morgan fingerprint density at radius 1 is 1.23 bits per heavy atom. The van der Waals surface area contributed by atoms with Gasteiger partial charge in [0.05, 0.1) is 13.7 Å². The van der Waals surface area contributed by atoms with E-state index in [1.165, 1.54) is 4.52 Å². The summed E-state index contributed by atoms with van der Waals surface area (Å²) in [4.78, 5) is 21.2. The van der Waals surface area contributed by atoms with Crippen molar-refractivity contribution in [3.05, 3.63) is 52.3 Å². The molecule has 1 N–H and O–H groups in total. The SMILES string of the molecule is C1COCC[N-]1.[C-]#[N+]c1[c-]n2[nH]c(-c3ccc(OC)c(C)c3)nc2c1C(=O)OC1C(C)CC(C)CC1C.[O]=[Co]. The number of benzene rings is 1. The van der Waals surface area contributed by atoms with Crippen LogP contribution in [0.2, 0.25) is 0 Å². The molecule has 39 heavy (non-hydrogen) atoms. The molecule has 2 aromatic heterocycles. The molecule has 1 saturated heterocycles. The third-order valence-corrected chi connectivity index (χ3v) is 7.01. The number of carbonyl (C=O) groups excluding carboxylic acids is 1. The summed E-state index contributed by atoms with van der Waals surface area (Å²) in [6.07, 6.45) is 4.79. The summed E-state index contributed by atoms with van der Waals surface area (Å²) in [5.41, 5.74) is 2.46. The number of nitrogens with zero attached hydrogens (tertiary/aromatic N) is 4. The van der Waals surface area contributed by atoms with Gasteiger partial charge in [-0.05, 0) is 72.5 Å². The summed E-state index contributed by atoms with van der Waals surface area (Å²) in [5.74, 6) is 2.03. The average molecular weight is 581 g/mol. The second-order valence-corrected chi connectivity index (χ2v) is 10.0. The van der Waals surface area contributed by atoms with Crippen LogP contribution in [-0.4, -0.2) is 60.1 Å². The Balaban J connectivity index is 0.000000457. The Hall–Kier alpha value is -3.04. The molecule has 3 heterocycles. The molecule has 2 unspecified atom stereocenters. The van der Waals surface area contributed by atoms with Crippen LogP contribution in [0.15, 0.2) is 18.2 Å². The molecule has 11 heteroatoms. The van der Waals surface area contributed by atoms with Gasteiger partial charge in [-0.2, -0.15) is 0 Å². The van der Waals surface area contributed by atoms with E-state index in [0.717, 1.165) is 56.0 Å². The molecule has 10 nitrogen and oxygen atoms in total. The van der Waals surface area contributed by atoms with Crippen molar-refractivity contribution >= 4 is 17.3 Å². The molecule has 2 atom stereocenters. The van der Waals surface area contributed by atoms with Crippen molar-refractivity contribution in [1.82, 2.24) is 14.6 Å². The fourth-order valence-corrected chi connectivity index (χ4v) is 5.36. The van der Waals surface area contributed by atoms with Gasteiger partial charge in [0.1, 0.15) is 23.4 Å². The number of esters is 1. The molecule has 0 amide bonds. The number of aryl methyl sites for hydroxylation is 1. The molecule has 0 spiro atoms. The molecule has 1 aliphatic heterocycles. The van der Waals surface area contributed by atoms with E-state index in [-0.39, 0.29) is 29.2 Å². The third kappa shape index (κ3) is 7.33. The van der Waals surface area contributed by atoms with Gasteiger partial charge in [0.15, 0.2) is 0 Å². The number of ether oxygens (including phenoxy) is 3. The van der Waals surface area contributed by atoms with Gasteiger partial charge in [-0.15, -0.1) is 13.1 Å². The van der Waals surface area contributed by atoms with E-state index in [0.29, 0.717) is 17.4 Å². The molecule has 1 aromatic carbocycles. The van der Waals surface area contributed by atoms with Crippen LogP contribution in [0.5, 0.6) is 5.75 Å². The van der Waals surface area contributed by atoms with E-state index < -0.39 is 5.97 Å². The fraction of sp³-hybridized carbons (Fsp3) is 0.536. The number of H-pyrrole nitrogens is 1. The molecule has 0 bridgehead atoms. The minimum absolute atomic E-state index is 0.116. The number of hydrogen-bond donors (Lipinski definition) is 1. The summed E-state index contributed by atoms with van der Waals surface area (Å²) in [6, 6.07) is 5.72. The number of carbonyl (C=O) groups is 1. The van der Waals surface area contributed by atoms with E-state index in [4.69, 9.17) is 24.6 Å². The fourth-order valence-electron chi connectivity index (χ4n) is 5.36. The Morgan fingerprint density at radius 3 is 2.41 bits per heavy atom. The Kier molecular flexibility index (Phi) is 11.2. The summed E-state index contributed by atoms with van der Waals surface area (Å²) >= 11 is 2.31. The standard InChI is InChI=1S/C24H27N4O3.C4H8NO.Co.O/c1-13-9-15(3)21(16(4)10-13)31-24(29)20-18(25-5)12-28-23(20)26-22(27-28)17-7-8-19(30-6)14(2)11-17;1-3-6-4-2-5-1;;/h7-8,11,13,15-16,21H,9-10H2,1-4,6H3,(H,26,27);1-4H2;;/q2*-1;;. The van der Waals surface area contributed by atoms with Crippen LogP contribution in [-0.2, 0) is 29.0 Å². The number of aromatic nitrogens is 3. The summed E-state index contributed by atoms with van der Waals surface area (Å²) < 4.78 is 25.7. The number of nitrogens with one attached hydrogen (secondary N) is 1. The van der Waals surface area contributed by atoms with Gasteiger partial charge in [0.2, 0.25) is 0 Å². The van der Waals surface area contributed by atoms with Crippen molar-refractivity contribution in [2.45, 2.75) is 46.6 Å². The predicted molar refractivity (Wildman–Crippen MR) is 142 cm³/mol. The van der Waals surface area contributed by atoms with Crippen molar-refractivity contribution < 1.29 is 38.5 Å². The van der Waals surface area contributed by atoms with E-state index in [1.54, 1.807) is 7.11 Å². The first-order valence-corrected chi connectivity index (χ1v) is 13.4. The first kappa shape index (κ1) is 30.5. The number of aromatic amines is 1. The van der Waals surface area contributed by atoms with Crippen molar-refractivity contribution in [2.24, 2.45) is 17.8 Å². The number of rotatable bonds is 4. The van der Waals surface area contributed by atoms with Gasteiger partial charge in [-0.3, -0.25) is 14.6 Å². The van der Waals surface area contributed by atoms with Crippen molar-refractivity contribution in [1.29, 1.82) is 0 Å². The zero-order chi connectivity index (χ0) is 28.5. The van der Waals surface area contributed by atoms with Crippen LogP contribution in [0.3, 0.4) is 0 Å². The number of hydrogen-bond acceptors (Lipinski definition) is 6. The van der Waals surface area contributed by atoms with E-state index in [1.807, 2.05) is 25.1 Å². The number of morpholine rings is 1. The average Bonchev–Trinajstić information content (AvgIpc) is 3.51. The molecule has 0 radical (unpaired) electrons. The monoisotopic (exact) mass is 580 g/mol. The summed E-state index contributed by atoms with van der Waals surface area (Å²) in [7, 11) is 1.63. The molecule has 1 aliphatic carbocycles. The van der Waals surface area contributed by atoms with Crippen molar-refractivity contribution in [3.63, 3.8) is 0 Å². The van der Waals surface area contributed by atoms with E-state index in [9.17, 15) is 4.79 Å². The Morgan fingerprint density at radius 2 is 1.90 bits per heavy atom. The van der Waals surface area contributed by atoms with Gasteiger partial charge in [-0.1, -0.05) is 27.0 Å². The third-order valence-electron chi connectivity index (χ3n) is 7.01. The van der Waals surface area contributed by atoms with Crippen LogP contribution in [0.4, 0.5) is 5.69 Å². The minimum atomic E-state index is -0.507. The van der Waals surface area contributed by atoms with Gasteiger partial charge in [-0.25, -0.2) is 0 Å². The van der Waals surface area contributed by atoms with Gasteiger partial charge >= 0.3 is 19.5 Å². The molecule has 5 rings (SSSR count). The Bertz CT molecular complexity index is 1270. The van der Waals surface area contributed by atoms with Crippen LogP contribution >= 0.6 is 0 Å². The van der Waals surface area contributed by atoms with Gasteiger partial charge < -0.3 is 29.1 Å². The maximum atomic E-state index is 13.2. The molecule has 2 fully saturated rings. The van der Waals surface area contributed by atoms with E-state index >= 15 is 0 Å². The molecular formula is C28H35CoN5O5-2. The second kappa shape index (κ2) is 14.4. The molecule has 1 saturated carbocycles. The van der Waals surface area contributed by atoms with Gasteiger partial charge in [0.25, 0.3) is 5.97 Å². The predicted octanol–water partition coefficient (Wildman–Crippen LogP) is 5.49. The van der Waals surface area contributed by atoms with E-state index in [2.05, 4.69) is 62.9 Å². The molecule has 213 valence electrons. The topological polar surface area (TPSA) is 113 Å². The first-order chi connectivity index (χ1) is 18.8. The Labute approximate surface area is 237 Å². The number of methoxy groups -OCH3 is 1. The van der Waals surface area contributed by atoms with Crippen molar-refractivity contribution in [2.75, 3.05) is 33.4 Å². The van der Waals surface area contributed by atoms with Crippen LogP contribution in [0.1, 0.15) is 49.5 Å². The van der Waals surface area contributed by atoms with Crippen LogP contribution < -0.4 is 4.74 Å². The first-order valence-electron chi connectivity index (χ1n) is 12.9. The molecule has 2 aliphatic rings. The van der Waals surface area contributed by atoms with Crippen LogP contribution in [0.25, 0.3) is 27.2 Å². The maximum absolute atomic E-state index is 13.2. The summed E-state index contributed by atoms with van der Waals surface area (Å²) in [5, 5.41) is 7.16. The summed E-state index contributed by atoms with van der Waals surface area (Å²) in [6.45, 7) is 19.4. The van der Waals surface area contributed by atoms with Crippen molar-refractivity contribution in [3.8, 4) is 17.1 Å². The molecule has 3 aromatic rings.